The molecule has 2 aromatic carbocycles. The van der Waals surface area contributed by atoms with Gasteiger partial charge in [0.2, 0.25) is 0 Å². The lowest BCUT2D eigenvalue weighted by Gasteiger charge is -2.08. The van der Waals surface area contributed by atoms with Gasteiger partial charge in [-0.05, 0) is 30.3 Å². The van der Waals surface area contributed by atoms with Crippen molar-refractivity contribution in [1.82, 2.24) is 4.98 Å². The van der Waals surface area contributed by atoms with E-state index in [-0.39, 0.29) is 5.91 Å². The minimum atomic E-state index is -0.305. The summed E-state index contributed by atoms with van der Waals surface area (Å²) in [6, 6.07) is 12.1. The SMILES string of the molecule is Cc1nc(-c2cccc(NC(=O)c3ccc(Cl)cc3Cl)c2)co1. The van der Waals surface area contributed by atoms with Crippen LogP contribution in [0.4, 0.5) is 5.69 Å². The van der Waals surface area contributed by atoms with Crippen molar-refractivity contribution in [2.45, 2.75) is 6.92 Å². The highest BCUT2D eigenvalue weighted by Gasteiger charge is 2.12. The van der Waals surface area contributed by atoms with E-state index in [1.54, 1.807) is 31.4 Å². The number of hydrogen-bond acceptors (Lipinski definition) is 3. The molecule has 0 fully saturated rings. The van der Waals surface area contributed by atoms with Crippen molar-refractivity contribution in [1.29, 1.82) is 0 Å². The predicted octanol–water partition coefficient (Wildman–Crippen LogP) is 5.21. The van der Waals surface area contributed by atoms with Crippen molar-refractivity contribution in [3.63, 3.8) is 0 Å². The largest absolute Gasteiger partial charge is 0.449 e. The minimum absolute atomic E-state index is 0.304. The summed E-state index contributed by atoms with van der Waals surface area (Å²) >= 11 is 11.9. The summed E-state index contributed by atoms with van der Waals surface area (Å²) in [5.41, 5.74) is 2.56. The lowest BCUT2D eigenvalue weighted by atomic mass is 10.1. The summed E-state index contributed by atoms with van der Waals surface area (Å²) in [4.78, 5) is 16.6. The number of carbonyl (C=O) groups excluding carboxylic acids is 1. The quantitative estimate of drug-likeness (QED) is 0.708. The van der Waals surface area contributed by atoms with Crippen molar-refractivity contribution >= 4 is 34.8 Å². The molecule has 0 saturated heterocycles. The average molecular weight is 347 g/mol. The summed E-state index contributed by atoms with van der Waals surface area (Å²) in [6.45, 7) is 1.78. The Balaban J connectivity index is 1.84. The molecule has 0 aliphatic heterocycles. The van der Waals surface area contributed by atoms with Crippen molar-refractivity contribution < 1.29 is 9.21 Å². The predicted molar refractivity (Wildman–Crippen MR) is 91.1 cm³/mol. The highest BCUT2D eigenvalue weighted by Crippen LogP contribution is 2.24. The summed E-state index contributed by atoms with van der Waals surface area (Å²) < 4.78 is 5.21. The van der Waals surface area contributed by atoms with Crippen LogP contribution in [0.15, 0.2) is 53.1 Å². The smallest absolute Gasteiger partial charge is 0.257 e. The minimum Gasteiger partial charge on any atom is -0.449 e. The fourth-order valence-electron chi connectivity index (χ4n) is 2.12. The topological polar surface area (TPSA) is 55.1 Å². The van der Waals surface area contributed by atoms with Gasteiger partial charge in [0.25, 0.3) is 5.91 Å². The van der Waals surface area contributed by atoms with E-state index in [1.807, 2.05) is 18.2 Å². The number of rotatable bonds is 3. The van der Waals surface area contributed by atoms with Crippen LogP contribution in [-0.4, -0.2) is 10.9 Å². The maximum atomic E-state index is 12.3. The van der Waals surface area contributed by atoms with Gasteiger partial charge in [-0.3, -0.25) is 4.79 Å². The van der Waals surface area contributed by atoms with Crippen LogP contribution < -0.4 is 5.32 Å². The van der Waals surface area contributed by atoms with Gasteiger partial charge in [-0.15, -0.1) is 0 Å². The number of amides is 1. The number of nitrogens with zero attached hydrogens (tertiary/aromatic N) is 1. The Bertz CT molecular complexity index is 875. The molecule has 1 heterocycles. The van der Waals surface area contributed by atoms with Crippen LogP contribution in [-0.2, 0) is 0 Å². The Morgan fingerprint density at radius 2 is 2.00 bits per heavy atom. The van der Waals surface area contributed by atoms with E-state index >= 15 is 0 Å². The molecule has 3 aromatic rings. The zero-order valence-corrected chi connectivity index (χ0v) is 13.7. The van der Waals surface area contributed by atoms with Gasteiger partial charge in [0, 0.05) is 23.2 Å². The molecule has 0 aliphatic carbocycles. The molecule has 3 rings (SSSR count). The molecule has 0 bridgehead atoms. The first-order valence-corrected chi connectivity index (χ1v) is 7.57. The van der Waals surface area contributed by atoms with Crippen LogP contribution in [0.25, 0.3) is 11.3 Å². The molecule has 0 atom stereocenters. The van der Waals surface area contributed by atoms with Crippen LogP contribution in [0.2, 0.25) is 10.0 Å². The number of oxazole rings is 1. The molecule has 1 amide bonds. The summed E-state index contributed by atoms with van der Waals surface area (Å²) in [5, 5.41) is 3.60. The number of benzene rings is 2. The van der Waals surface area contributed by atoms with Crippen LogP contribution in [0.1, 0.15) is 16.2 Å². The van der Waals surface area contributed by atoms with Crippen LogP contribution in [0.5, 0.6) is 0 Å². The Morgan fingerprint density at radius 1 is 1.17 bits per heavy atom. The van der Waals surface area contributed by atoms with E-state index in [0.717, 1.165) is 5.56 Å². The van der Waals surface area contributed by atoms with Crippen LogP contribution in [0, 0.1) is 6.92 Å². The third kappa shape index (κ3) is 3.55. The first-order valence-electron chi connectivity index (χ1n) is 6.82. The standard InChI is InChI=1S/C17H12Cl2N2O2/c1-10-20-16(9-23-10)11-3-2-4-13(7-11)21-17(22)14-6-5-12(18)8-15(14)19/h2-9H,1H3,(H,21,22). The van der Waals surface area contributed by atoms with E-state index < -0.39 is 0 Å². The van der Waals surface area contributed by atoms with Gasteiger partial charge < -0.3 is 9.73 Å². The van der Waals surface area contributed by atoms with Gasteiger partial charge in [-0.1, -0.05) is 35.3 Å². The second kappa shape index (κ2) is 6.44. The molecule has 0 unspecified atom stereocenters. The highest BCUT2D eigenvalue weighted by atomic mass is 35.5. The van der Waals surface area contributed by atoms with Crippen LogP contribution in [0.3, 0.4) is 0 Å². The number of aromatic nitrogens is 1. The van der Waals surface area contributed by atoms with E-state index in [0.29, 0.717) is 32.9 Å². The molecular formula is C17H12Cl2N2O2. The number of carbonyl (C=O) groups is 1. The molecule has 0 radical (unpaired) electrons. The number of halogens is 2. The molecule has 1 N–H and O–H groups in total. The lowest BCUT2D eigenvalue weighted by Crippen LogP contribution is -2.12. The first kappa shape index (κ1) is 15.6. The summed E-state index contributed by atoms with van der Waals surface area (Å²) in [6.07, 6.45) is 1.58. The Labute approximate surface area is 143 Å². The molecule has 0 aliphatic rings. The van der Waals surface area contributed by atoms with Gasteiger partial charge in [0.05, 0.1) is 10.6 Å². The third-order valence-electron chi connectivity index (χ3n) is 3.21. The number of anilines is 1. The van der Waals surface area contributed by atoms with E-state index in [2.05, 4.69) is 10.3 Å². The molecule has 6 heteroatoms. The molecule has 116 valence electrons. The maximum Gasteiger partial charge on any atom is 0.257 e. The molecular weight excluding hydrogens is 335 g/mol. The second-order valence-electron chi connectivity index (χ2n) is 4.91. The molecule has 23 heavy (non-hydrogen) atoms. The zero-order valence-electron chi connectivity index (χ0n) is 12.1. The van der Waals surface area contributed by atoms with E-state index in [9.17, 15) is 4.79 Å². The lowest BCUT2D eigenvalue weighted by molar-refractivity contribution is 0.102. The maximum absolute atomic E-state index is 12.3. The Hall–Kier alpha value is -2.30. The van der Waals surface area contributed by atoms with Gasteiger partial charge in [0.15, 0.2) is 5.89 Å². The fraction of sp³-hybridized carbons (Fsp3) is 0.0588. The summed E-state index contributed by atoms with van der Waals surface area (Å²) in [7, 11) is 0. The fourth-order valence-corrected chi connectivity index (χ4v) is 2.62. The first-order chi connectivity index (χ1) is 11.0. The summed E-state index contributed by atoms with van der Waals surface area (Å²) in [5.74, 6) is 0.280. The normalized spacial score (nSPS) is 10.6. The zero-order chi connectivity index (χ0) is 16.4. The average Bonchev–Trinajstić information content (AvgIpc) is 2.94. The molecule has 0 spiro atoms. The molecule has 4 nitrogen and oxygen atoms in total. The Kier molecular flexibility index (Phi) is 4.37. The van der Waals surface area contributed by atoms with E-state index in [4.69, 9.17) is 27.6 Å². The number of nitrogens with one attached hydrogen (secondary N) is 1. The van der Waals surface area contributed by atoms with Crippen molar-refractivity contribution in [2.24, 2.45) is 0 Å². The van der Waals surface area contributed by atoms with Gasteiger partial charge in [-0.2, -0.15) is 0 Å². The van der Waals surface area contributed by atoms with Gasteiger partial charge in [0.1, 0.15) is 12.0 Å². The second-order valence-corrected chi connectivity index (χ2v) is 5.75. The van der Waals surface area contributed by atoms with E-state index in [1.165, 1.54) is 6.07 Å². The van der Waals surface area contributed by atoms with Gasteiger partial charge >= 0.3 is 0 Å². The Morgan fingerprint density at radius 3 is 2.70 bits per heavy atom. The van der Waals surface area contributed by atoms with Crippen LogP contribution >= 0.6 is 23.2 Å². The third-order valence-corrected chi connectivity index (χ3v) is 3.76. The van der Waals surface area contributed by atoms with Gasteiger partial charge in [-0.25, -0.2) is 4.98 Å². The van der Waals surface area contributed by atoms with Crippen molar-refractivity contribution in [2.75, 3.05) is 5.32 Å². The van der Waals surface area contributed by atoms with Crippen molar-refractivity contribution in [3.8, 4) is 11.3 Å². The monoisotopic (exact) mass is 346 g/mol. The number of hydrogen-bond donors (Lipinski definition) is 1. The van der Waals surface area contributed by atoms with Crippen molar-refractivity contribution in [3.05, 3.63) is 70.2 Å². The molecule has 1 aromatic heterocycles. The molecule has 0 saturated carbocycles. The highest BCUT2D eigenvalue weighted by molar-refractivity contribution is 6.37. The number of aryl methyl sites for hydroxylation is 1.